The molecule has 0 rings (SSSR count). The zero-order valence-corrected chi connectivity index (χ0v) is 21.8. The van der Waals surface area contributed by atoms with Crippen LogP contribution in [0, 0.1) is 0 Å². The van der Waals surface area contributed by atoms with Crippen LogP contribution >= 0.6 is 16.1 Å². The smallest absolute Gasteiger partial charge is 0.329 e. The van der Waals surface area contributed by atoms with E-state index in [1.165, 1.54) is 57.8 Å². The number of unbranched alkanes of at least 4 members (excludes halogenated alkanes) is 13. The minimum Gasteiger partial charge on any atom is -0.329 e. The maximum absolute atomic E-state index is 11.8. The second kappa shape index (κ2) is 19.5. The molecule has 2 atom stereocenters. The van der Waals surface area contributed by atoms with Gasteiger partial charge in [-0.3, -0.25) is 9.05 Å². The summed E-state index contributed by atoms with van der Waals surface area (Å²) in [5, 5.41) is 0. The van der Waals surface area contributed by atoms with E-state index in [1.54, 1.807) is 0 Å². The van der Waals surface area contributed by atoms with Crippen molar-refractivity contribution >= 4 is 16.1 Å². The van der Waals surface area contributed by atoms with Crippen molar-refractivity contribution in [3.8, 4) is 0 Å². The minimum absolute atomic E-state index is 0.211. The number of phosphoric ester groups is 1. The molecule has 0 aromatic carbocycles. The van der Waals surface area contributed by atoms with E-state index in [1.807, 2.05) is 21.1 Å². The van der Waals surface area contributed by atoms with Crippen molar-refractivity contribution in [2.24, 2.45) is 0 Å². The van der Waals surface area contributed by atoms with Crippen LogP contribution in [0.4, 0.5) is 0 Å². The molecule has 8 nitrogen and oxygen atoms in total. The van der Waals surface area contributed by atoms with Gasteiger partial charge in [-0.05, 0) is 12.8 Å². The highest BCUT2D eigenvalue weighted by atomic mass is 31.2. The van der Waals surface area contributed by atoms with Gasteiger partial charge < -0.3 is 9.38 Å². The van der Waals surface area contributed by atoms with Crippen molar-refractivity contribution in [3.63, 3.8) is 0 Å². The standard InChI is InChI=1S/C21H45NO7P2/c1-22(2,3)18-21-29-31(25,26)28-20-17-15-13-11-9-7-5-4-6-8-10-12-14-16-19-27-30(23)24/h4-21H2,1-3H3/p+2. The van der Waals surface area contributed by atoms with Crippen LogP contribution in [0.3, 0.4) is 0 Å². The Morgan fingerprint density at radius 2 is 1.03 bits per heavy atom. The molecule has 0 fully saturated rings. The molecular formula is C21H47NO7P2+2. The molecule has 0 aromatic heterocycles. The van der Waals surface area contributed by atoms with Crippen LogP contribution in [-0.4, -0.2) is 61.8 Å². The molecule has 0 bridgehead atoms. The van der Waals surface area contributed by atoms with Gasteiger partial charge in [0.25, 0.3) is 0 Å². The lowest BCUT2D eigenvalue weighted by Crippen LogP contribution is -2.37. The number of rotatable bonds is 23. The fourth-order valence-corrected chi connectivity index (χ4v) is 4.15. The molecule has 0 spiro atoms. The van der Waals surface area contributed by atoms with Gasteiger partial charge in [-0.2, -0.15) is 0 Å². The van der Waals surface area contributed by atoms with Crippen LogP contribution in [0.5, 0.6) is 0 Å². The third kappa shape index (κ3) is 26.2. The summed E-state index contributed by atoms with van der Waals surface area (Å²) in [4.78, 5) is 18.1. The topological polar surface area (TPSA) is 102 Å². The summed E-state index contributed by atoms with van der Waals surface area (Å²) in [6, 6.07) is 0. The third-order valence-electron chi connectivity index (χ3n) is 5.01. The van der Waals surface area contributed by atoms with Gasteiger partial charge in [0, 0.05) is 4.57 Å². The summed E-state index contributed by atoms with van der Waals surface area (Å²) in [5.41, 5.74) is 0. The molecule has 0 amide bonds. The molecule has 10 heteroatoms. The summed E-state index contributed by atoms with van der Waals surface area (Å²) in [6.45, 7) is 1.52. The van der Waals surface area contributed by atoms with E-state index >= 15 is 0 Å². The van der Waals surface area contributed by atoms with Crippen molar-refractivity contribution in [3.05, 3.63) is 0 Å². The van der Waals surface area contributed by atoms with Gasteiger partial charge in [0.1, 0.15) is 19.8 Å². The molecular weight excluding hydrogens is 440 g/mol. The number of nitrogens with zero attached hydrogens (tertiary/aromatic N) is 1. The summed E-state index contributed by atoms with van der Waals surface area (Å²) in [5.74, 6) is 0. The second-order valence-corrected chi connectivity index (χ2v) is 11.4. The lowest BCUT2D eigenvalue weighted by molar-refractivity contribution is -0.870. The van der Waals surface area contributed by atoms with Crippen molar-refractivity contribution in [2.45, 2.75) is 89.9 Å². The SMILES string of the molecule is C[N+](C)(C)CCOP(=O)(O)OCCCCCCCCCCCCCCCCO[P+](=O)O. The van der Waals surface area contributed by atoms with Gasteiger partial charge in [0.2, 0.25) is 0 Å². The predicted octanol–water partition coefficient (Wildman–Crippen LogP) is 5.95. The fraction of sp³-hybridized carbons (Fsp3) is 1.00. The Hall–Kier alpha value is 0.0900. The molecule has 186 valence electrons. The molecule has 0 radical (unpaired) electrons. The molecule has 31 heavy (non-hydrogen) atoms. The van der Waals surface area contributed by atoms with Gasteiger partial charge in [0.05, 0.1) is 27.7 Å². The normalized spacial score (nSPS) is 14.5. The van der Waals surface area contributed by atoms with E-state index in [2.05, 4.69) is 4.52 Å². The Labute approximate surface area is 190 Å². The highest BCUT2D eigenvalue weighted by molar-refractivity contribution is 7.47. The van der Waals surface area contributed by atoms with E-state index in [9.17, 15) is 14.0 Å². The first-order valence-corrected chi connectivity index (χ1v) is 14.5. The zero-order valence-electron chi connectivity index (χ0n) is 20.0. The maximum Gasteiger partial charge on any atom is 0.694 e. The summed E-state index contributed by atoms with van der Waals surface area (Å²) >= 11 is 0. The number of likely N-dealkylation sites (N-methyl/N-ethyl adjacent to an activating group) is 1. The second-order valence-electron chi connectivity index (χ2n) is 9.17. The molecule has 0 saturated heterocycles. The van der Waals surface area contributed by atoms with Crippen LogP contribution in [-0.2, 0) is 22.7 Å². The molecule has 0 heterocycles. The van der Waals surface area contributed by atoms with Crippen LogP contribution < -0.4 is 0 Å². The molecule has 0 aliphatic rings. The Morgan fingerprint density at radius 1 is 0.677 bits per heavy atom. The van der Waals surface area contributed by atoms with E-state index in [0.717, 1.165) is 32.1 Å². The van der Waals surface area contributed by atoms with Gasteiger partial charge in [0.15, 0.2) is 0 Å². The molecule has 0 saturated carbocycles. The Balaban J connectivity index is 3.28. The van der Waals surface area contributed by atoms with Crippen LogP contribution in [0.2, 0.25) is 0 Å². The molecule has 0 aromatic rings. The number of hydrogen-bond acceptors (Lipinski definition) is 5. The highest BCUT2D eigenvalue weighted by Gasteiger charge is 2.21. The van der Waals surface area contributed by atoms with E-state index < -0.39 is 16.1 Å². The number of quaternary nitrogens is 1. The monoisotopic (exact) mass is 487 g/mol. The molecule has 0 aliphatic carbocycles. The quantitative estimate of drug-likeness (QED) is 0.104. The summed E-state index contributed by atoms with van der Waals surface area (Å²) in [6.07, 6.45) is 16.1. The highest BCUT2D eigenvalue weighted by Crippen LogP contribution is 2.43. The number of hydrogen-bond donors (Lipinski definition) is 2. The molecule has 2 unspecified atom stereocenters. The molecule has 2 N–H and O–H groups in total. The summed E-state index contributed by atoms with van der Waals surface area (Å²) in [7, 11) is -0.336. The van der Waals surface area contributed by atoms with Crippen molar-refractivity contribution in [1.29, 1.82) is 0 Å². The van der Waals surface area contributed by atoms with E-state index in [4.69, 9.17) is 13.9 Å². The van der Waals surface area contributed by atoms with E-state index in [-0.39, 0.29) is 13.2 Å². The third-order valence-corrected chi connectivity index (χ3v) is 6.43. The van der Waals surface area contributed by atoms with E-state index in [0.29, 0.717) is 17.6 Å². The Bertz CT molecular complexity index is 487. The first-order chi connectivity index (χ1) is 14.6. The first kappa shape index (κ1) is 31.1. The van der Waals surface area contributed by atoms with Gasteiger partial charge >= 0.3 is 16.1 Å². The zero-order chi connectivity index (χ0) is 23.4. The average Bonchev–Trinajstić information content (AvgIpc) is 2.65. The van der Waals surface area contributed by atoms with Crippen LogP contribution in [0.1, 0.15) is 89.9 Å². The fourth-order valence-electron chi connectivity index (χ4n) is 3.12. The van der Waals surface area contributed by atoms with Gasteiger partial charge in [-0.15, -0.1) is 9.42 Å². The van der Waals surface area contributed by atoms with Gasteiger partial charge in [-0.1, -0.05) is 77.0 Å². The van der Waals surface area contributed by atoms with Crippen molar-refractivity contribution in [2.75, 3.05) is 47.5 Å². The minimum atomic E-state index is -3.91. The van der Waals surface area contributed by atoms with Crippen LogP contribution in [0.25, 0.3) is 0 Å². The lowest BCUT2D eigenvalue weighted by atomic mass is 10.0. The predicted molar refractivity (Wildman–Crippen MR) is 125 cm³/mol. The van der Waals surface area contributed by atoms with Crippen molar-refractivity contribution < 1.29 is 37.0 Å². The summed E-state index contributed by atoms with van der Waals surface area (Å²) < 4.78 is 37.4. The first-order valence-electron chi connectivity index (χ1n) is 11.8. The Kier molecular flexibility index (Phi) is 19.6. The molecule has 0 aliphatic heterocycles. The van der Waals surface area contributed by atoms with Gasteiger partial charge in [-0.25, -0.2) is 4.57 Å². The lowest BCUT2D eigenvalue weighted by Gasteiger charge is -2.24. The Morgan fingerprint density at radius 3 is 1.42 bits per heavy atom. The number of phosphoric acid groups is 1. The maximum atomic E-state index is 11.8. The largest absolute Gasteiger partial charge is 0.694 e. The van der Waals surface area contributed by atoms with Crippen LogP contribution in [0.15, 0.2) is 0 Å². The van der Waals surface area contributed by atoms with Crippen molar-refractivity contribution in [1.82, 2.24) is 0 Å². The average molecular weight is 488 g/mol.